The summed E-state index contributed by atoms with van der Waals surface area (Å²) >= 11 is 1.48. The third-order valence-electron chi connectivity index (χ3n) is 3.27. The van der Waals surface area contributed by atoms with Crippen molar-refractivity contribution in [2.24, 2.45) is 0 Å². The second-order valence-corrected chi connectivity index (χ2v) is 5.57. The number of methoxy groups -OCH3 is 1. The van der Waals surface area contributed by atoms with Gasteiger partial charge < -0.3 is 14.7 Å². The summed E-state index contributed by atoms with van der Waals surface area (Å²) in [5, 5.41) is 9.05. The number of aryl methyl sites for hydroxylation is 1. The average molecular weight is 295 g/mol. The van der Waals surface area contributed by atoms with Crippen molar-refractivity contribution in [1.82, 2.24) is 4.90 Å². The zero-order chi connectivity index (χ0) is 14.5. The number of carbonyl (C=O) groups excluding carboxylic acids is 1. The number of hydrogen-bond donors (Lipinski definition) is 1. The zero-order valence-corrected chi connectivity index (χ0v) is 12.1. The molecule has 0 aliphatic carbocycles. The molecule has 20 heavy (non-hydrogen) atoms. The highest BCUT2D eigenvalue weighted by Gasteiger charge is 2.33. The van der Waals surface area contributed by atoms with Gasteiger partial charge in [0.05, 0.1) is 13.0 Å². The molecule has 5 nitrogen and oxygen atoms in total. The molecule has 0 radical (unpaired) electrons. The van der Waals surface area contributed by atoms with E-state index in [9.17, 15) is 9.59 Å². The van der Waals surface area contributed by atoms with Crippen LogP contribution in [0.3, 0.4) is 0 Å². The fraction of sp³-hybridized carbons (Fsp3) is 0.429. The quantitative estimate of drug-likeness (QED) is 0.894. The normalized spacial score (nSPS) is 18.1. The number of carboxylic acid groups (broad SMARTS) is 1. The van der Waals surface area contributed by atoms with Crippen LogP contribution in [0, 0.1) is 0 Å². The van der Waals surface area contributed by atoms with Crippen LogP contribution in [0.15, 0.2) is 24.3 Å². The molecule has 1 saturated heterocycles. The number of thioether (sulfide) groups is 1. The second kappa shape index (κ2) is 6.65. The summed E-state index contributed by atoms with van der Waals surface area (Å²) < 4.78 is 5.07. The number of ether oxygens (including phenoxy) is 1. The van der Waals surface area contributed by atoms with Gasteiger partial charge in [-0.1, -0.05) is 12.1 Å². The van der Waals surface area contributed by atoms with E-state index in [0.29, 0.717) is 24.5 Å². The van der Waals surface area contributed by atoms with Crippen molar-refractivity contribution in [2.75, 3.05) is 18.7 Å². The Hall–Kier alpha value is -1.69. The summed E-state index contributed by atoms with van der Waals surface area (Å²) in [5.74, 6) is 0.704. The third-order valence-corrected chi connectivity index (χ3v) is 4.29. The topological polar surface area (TPSA) is 66.8 Å². The minimum absolute atomic E-state index is 0.0989. The van der Waals surface area contributed by atoms with Crippen LogP contribution >= 0.6 is 11.8 Å². The number of amides is 1. The summed E-state index contributed by atoms with van der Waals surface area (Å²) in [4.78, 5) is 24.6. The van der Waals surface area contributed by atoms with Crippen LogP contribution in [0.5, 0.6) is 5.75 Å². The standard InChI is InChI=1S/C14H17NO4S/c1-19-11-5-2-10(3-6-11)4-7-13(16)15-9-20-8-12(15)14(17)18/h2-3,5-6,12H,4,7-9H2,1H3,(H,17,18). The summed E-state index contributed by atoms with van der Waals surface area (Å²) in [6, 6.07) is 6.86. The van der Waals surface area contributed by atoms with Crippen LogP contribution in [-0.2, 0) is 16.0 Å². The first kappa shape index (κ1) is 14.7. The SMILES string of the molecule is COc1ccc(CCC(=O)N2CSCC2C(=O)O)cc1. The summed E-state index contributed by atoms with van der Waals surface area (Å²) in [6.45, 7) is 0. The second-order valence-electron chi connectivity index (χ2n) is 4.57. The first-order valence-corrected chi connectivity index (χ1v) is 7.50. The van der Waals surface area contributed by atoms with Crippen LogP contribution in [-0.4, -0.2) is 46.7 Å². The molecule has 6 heteroatoms. The summed E-state index contributed by atoms with van der Waals surface area (Å²) in [5.41, 5.74) is 1.04. The van der Waals surface area contributed by atoms with Gasteiger partial charge in [-0.3, -0.25) is 4.79 Å². The Morgan fingerprint density at radius 2 is 2.10 bits per heavy atom. The number of carboxylic acids is 1. The molecule has 1 N–H and O–H groups in total. The molecule has 0 saturated carbocycles. The molecular formula is C14H17NO4S. The predicted molar refractivity (Wildman–Crippen MR) is 76.9 cm³/mol. The first-order chi connectivity index (χ1) is 9.61. The van der Waals surface area contributed by atoms with Gasteiger partial charge in [0.25, 0.3) is 0 Å². The molecule has 0 aromatic heterocycles. The first-order valence-electron chi connectivity index (χ1n) is 6.35. The Bertz CT molecular complexity index is 488. The van der Waals surface area contributed by atoms with Crippen molar-refractivity contribution in [1.29, 1.82) is 0 Å². The molecular weight excluding hydrogens is 278 g/mol. The maximum absolute atomic E-state index is 12.1. The average Bonchev–Trinajstić information content (AvgIpc) is 2.95. The maximum atomic E-state index is 12.1. The number of carbonyl (C=O) groups is 2. The van der Waals surface area contributed by atoms with Gasteiger partial charge in [0.2, 0.25) is 5.91 Å². The van der Waals surface area contributed by atoms with Crippen LogP contribution in [0.1, 0.15) is 12.0 Å². The van der Waals surface area contributed by atoms with Crippen LogP contribution in [0.4, 0.5) is 0 Å². The van der Waals surface area contributed by atoms with Gasteiger partial charge in [-0.25, -0.2) is 4.79 Å². The number of hydrogen-bond acceptors (Lipinski definition) is 4. The highest BCUT2D eigenvalue weighted by Crippen LogP contribution is 2.22. The van der Waals surface area contributed by atoms with Gasteiger partial charge in [-0.15, -0.1) is 11.8 Å². The fourth-order valence-electron chi connectivity index (χ4n) is 2.08. The molecule has 1 aliphatic heterocycles. The number of aliphatic carboxylic acids is 1. The molecule has 1 aromatic carbocycles. The molecule has 1 atom stereocenters. The highest BCUT2D eigenvalue weighted by atomic mass is 32.2. The summed E-state index contributed by atoms with van der Waals surface area (Å²) in [7, 11) is 1.61. The van der Waals surface area contributed by atoms with Crippen molar-refractivity contribution in [3.63, 3.8) is 0 Å². The van der Waals surface area contributed by atoms with Crippen molar-refractivity contribution < 1.29 is 19.4 Å². The molecule has 0 bridgehead atoms. The van der Waals surface area contributed by atoms with E-state index in [1.165, 1.54) is 16.7 Å². The molecule has 1 fully saturated rings. The van der Waals surface area contributed by atoms with E-state index in [2.05, 4.69) is 0 Å². The summed E-state index contributed by atoms with van der Waals surface area (Å²) in [6.07, 6.45) is 0.938. The minimum Gasteiger partial charge on any atom is -0.497 e. The van der Waals surface area contributed by atoms with E-state index >= 15 is 0 Å². The molecule has 2 rings (SSSR count). The lowest BCUT2D eigenvalue weighted by atomic mass is 10.1. The van der Waals surface area contributed by atoms with Crippen LogP contribution in [0.25, 0.3) is 0 Å². The monoisotopic (exact) mass is 295 g/mol. The van der Waals surface area contributed by atoms with E-state index < -0.39 is 12.0 Å². The van der Waals surface area contributed by atoms with E-state index in [1.54, 1.807) is 7.11 Å². The Labute approximate surface area is 121 Å². The van der Waals surface area contributed by atoms with E-state index in [4.69, 9.17) is 9.84 Å². The molecule has 108 valence electrons. The van der Waals surface area contributed by atoms with Crippen LogP contribution < -0.4 is 4.74 Å². The van der Waals surface area contributed by atoms with Gasteiger partial charge in [0.1, 0.15) is 11.8 Å². The molecule has 0 spiro atoms. The zero-order valence-electron chi connectivity index (χ0n) is 11.2. The molecule has 1 amide bonds. The smallest absolute Gasteiger partial charge is 0.327 e. The van der Waals surface area contributed by atoms with Gasteiger partial charge >= 0.3 is 5.97 Å². The van der Waals surface area contributed by atoms with E-state index in [0.717, 1.165) is 11.3 Å². The lowest BCUT2D eigenvalue weighted by Crippen LogP contribution is -2.41. The van der Waals surface area contributed by atoms with Crippen molar-refractivity contribution in [3.05, 3.63) is 29.8 Å². The Kier molecular flexibility index (Phi) is 4.89. The Balaban J connectivity index is 1.89. The Morgan fingerprint density at radius 3 is 2.70 bits per heavy atom. The molecule has 1 aromatic rings. The van der Waals surface area contributed by atoms with E-state index in [1.807, 2.05) is 24.3 Å². The van der Waals surface area contributed by atoms with Gasteiger partial charge in [0.15, 0.2) is 0 Å². The number of benzene rings is 1. The number of rotatable bonds is 5. The highest BCUT2D eigenvalue weighted by molar-refractivity contribution is 7.99. The molecule has 1 aliphatic rings. The number of nitrogens with zero attached hydrogens (tertiary/aromatic N) is 1. The van der Waals surface area contributed by atoms with Crippen molar-refractivity contribution >= 4 is 23.6 Å². The Morgan fingerprint density at radius 1 is 1.40 bits per heavy atom. The van der Waals surface area contributed by atoms with E-state index in [-0.39, 0.29) is 5.91 Å². The van der Waals surface area contributed by atoms with Crippen molar-refractivity contribution in [3.8, 4) is 5.75 Å². The molecule has 1 unspecified atom stereocenters. The minimum atomic E-state index is -0.923. The predicted octanol–water partition coefficient (Wildman–Crippen LogP) is 1.61. The van der Waals surface area contributed by atoms with Crippen molar-refractivity contribution in [2.45, 2.75) is 18.9 Å². The van der Waals surface area contributed by atoms with Gasteiger partial charge in [-0.2, -0.15) is 0 Å². The van der Waals surface area contributed by atoms with Gasteiger partial charge in [0, 0.05) is 12.2 Å². The fourth-order valence-corrected chi connectivity index (χ4v) is 3.25. The van der Waals surface area contributed by atoms with Gasteiger partial charge in [-0.05, 0) is 24.1 Å². The lowest BCUT2D eigenvalue weighted by molar-refractivity contribution is -0.147. The largest absolute Gasteiger partial charge is 0.497 e. The van der Waals surface area contributed by atoms with Crippen LogP contribution in [0.2, 0.25) is 0 Å². The third kappa shape index (κ3) is 3.45. The molecule has 1 heterocycles. The lowest BCUT2D eigenvalue weighted by Gasteiger charge is -2.20. The maximum Gasteiger partial charge on any atom is 0.327 e.